The second kappa shape index (κ2) is 7.96. The molecule has 0 radical (unpaired) electrons. The summed E-state index contributed by atoms with van der Waals surface area (Å²) in [4.78, 5) is 11.0. The highest BCUT2D eigenvalue weighted by atomic mass is 35.5. The standard InChI is InChI=1S/C13H19ClN2O/c1-2-13(17)16-10-4-3-9-15-12-7-5-11(14)6-8-12/h5-8,15H,2-4,9-10H2,1H3,(H,16,17). The van der Waals surface area contributed by atoms with Crippen molar-refractivity contribution < 1.29 is 4.79 Å². The number of hydrogen-bond donors (Lipinski definition) is 2. The number of anilines is 1. The lowest BCUT2D eigenvalue weighted by Gasteiger charge is -2.06. The lowest BCUT2D eigenvalue weighted by molar-refractivity contribution is -0.120. The fourth-order valence-corrected chi connectivity index (χ4v) is 1.53. The molecule has 0 aliphatic rings. The van der Waals surface area contributed by atoms with Crippen LogP contribution in [-0.4, -0.2) is 19.0 Å². The van der Waals surface area contributed by atoms with Crippen molar-refractivity contribution in [1.29, 1.82) is 0 Å². The van der Waals surface area contributed by atoms with Crippen LogP contribution in [0.15, 0.2) is 24.3 Å². The third kappa shape index (κ3) is 6.17. The molecule has 1 aromatic carbocycles. The normalized spacial score (nSPS) is 10.0. The van der Waals surface area contributed by atoms with E-state index in [9.17, 15) is 4.79 Å². The maximum atomic E-state index is 11.0. The molecule has 1 rings (SSSR count). The molecule has 0 aliphatic heterocycles. The average molecular weight is 255 g/mol. The molecule has 0 atom stereocenters. The SMILES string of the molecule is CCC(=O)NCCCCNc1ccc(Cl)cc1. The molecular weight excluding hydrogens is 236 g/mol. The quantitative estimate of drug-likeness (QED) is 0.735. The van der Waals surface area contributed by atoms with Crippen molar-refractivity contribution in [2.75, 3.05) is 18.4 Å². The summed E-state index contributed by atoms with van der Waals surface area (Å²) in [5.74, 6) is 0.121. The summed E-state index contributed by atoms with van der Waals surface area (Å²) in [6.45, 7) is 3.52. The Hall–Kier alpha value is -1.22. The number of carbonyl (C=O) groups is 1. The van der Waals surface area contributed by atoms with E-state index in [0.29, 0.717) is 6.42 Å². The van der Waals surface area contributed by atoms with Crippen LogP contribution >= 0.6 is 11.6 Å². The lowest BCUT2D eigenvalue weighted by atomic mass is 10.2. The Morgan fingerprint density at radius 1 is 1.18 bits per heavy atom. The van der Waals surface area contributed by atoms with Crippen molar-refractivity contribution >= 4 is 23.2 Å². The third-order valence-corrected chi connectivity index (χ3v) is 2.67. The zero-order valence-electron chi connectivity index (χ0n) is 10.1. The van der Waals surface area contributed by atoms with Crippen molar-refractivity contribution in [3.63, 3.8) is 0 Å². The summed E-state index contributed by atoms with van der Waals surface area (Å²) in [5, 5.41) is 6.90. The molecule has 0 spiro atoms. The zero-order chi connectivity index (χ0) is 12.5. The first kappa shape index (κ1) is 13.8. The van der Waals surface area contributed by atoms with E-state index in [2.05, 4.69) is 10.6 Å². The number of carbonyl (C=O) groups excluding carboxylic acids is 1. The third-order valence-electron chi connectivity index (χ3n) is 2.42. The molecule has 0 aromatic heterocycles. The van der Waals surface area contributed by atoms with E-state index in [-0.39, 0.29) is 5.91 Å². The number of benzene rings is 1. The van der Waals surface area contributed by atoms with Crippen molar-refractivity contribution in [2.45, 2.75) is 26.2 Å². The Morgan fingerprint density at radius 2 is 1.82 bits per heavy atom. The van der Waals surface area contributed by atoms with Gasteiger partial charge in [-0.3, -0.25) is 4.79 Å². The maximum absolute atomic E-state index is 11.0. The van der Waals surface area contributed by atoms with Gasteiger partial charge in [0.15, 0.2) is 0 Å². The van der Waals surface area contributed by atoms with Gasteiger partial charge < -0.3 is 10.6 Å². The van der Waals surface area contributed by atoms with Crippen LogP contribution in [0.1, 0.15) is 26.2 Å². The van der Waals surface area contributed by atoms with E-state index < -0.39 is 0 Å². The minimum atomic E-state index is 0.121. The topological polar surface area (TPSA) is 41.1 Å². The van der Waals surface area contributed by atoms with E-state index in [1.54, 1.807) is 0 Å². The van der Waals surface area contributed by atoms with Crippen LogP contribution in [-0.2, 0) is 4.79 Å². The number of amides is 1. The minimum Gasteiger partial charge on any atom is -0.385 e. The Bertz CT molecular complexity index is 338. The first-order valence-electron chi connectivity index (χ1n) is 5.98. The van der Waals surface area contributed by atoms with E-state index in [0.717, 1.165) is 36.6 Å². The number of unbranched alkanes of at least 4 members (excludes halogenated alkanes) is 1. The summed E-state index contributed by atoms with van der Waals surface area (Å²) in [6.07, 6.45) is 2.59. The van der Waals surface area contributed by atoms with Gasteiger partial charge in [0.25, 0.3) is 0 Å². The van der Waals surface area contributed by atoms with Gasteiger partial charge in [0.2, 0.25) is 5.91 Å². The van der Waals surface area contributed by atoms with E-state index in [4.69, 9.17) is 11.6 Å². The van der Waals surface area contributed by atoms with Gasteiger partial charge in [-0.1, -0.05) is 18.5 Å². The molecule has 0 saturated carbocycles. The van der Waals surface area contributed by atoms with Crippen molar-refractivity contribution in [3.8, 4) is 0 Å². The Balaban J connectivity index is 2.04. The fraction of sp³-hybridized carbons (Fsp3) is 0.462. The monoisotopic (exact) mass is 254 g/mol. The van der Waals surface area contributed by atoms with Crippen LogP contribution in [0.3, 0.4) is 0 Å². The molecule has 2 N–H and O–H groups in total. The molecule has 0 fully saturated rings. The number of halogens is 1. The zero-order valence-corrected chi connectivity index (χ0v) is 10.9. The van der Waals surface area contributed by atoms with Gasteiger partial charge >= 0.3 is 0 Å². The van der Waals surface area contributed by atoms with Gasteiger partial charge in [0, 0.05) is 30.2 Å². The Kier molecular flexibility index (Phi) is 6.48. The highest BCUT2D eigenvalue weighted by Crippen LogP contribution is 2.13. The fourth-order valence-electron chi connectivity index (χ4n) is 1.40. The van der Waals surface area contributed by atoms with Gasteiger partial charge in [0.05, 0.1) is 0 Å². The lowest BCUT2D eigenvalue weighted by Crippen LogP contribution is -2.23. The van der Waals surface area contributed by atoms with Crippen molar-refractivity contribution in [1.82, 2.24) is 5.32 Å². The molecular formula is C13H19ClN2O. The largest absolute Gasteiger partial charge is 0.385 e. The van der Waals surface area contributed by atoms with Crippen LogP contribution in [0.25, 0.3) is 0 Å². The van der Waals surface area contributed by atoms with Gasteiger partial charge in [0.1, 0.15) is 0 Å². The van der Waals surface area contributed by atoms with Gasteiger partial charge in [-0.05, 0) is 37.1 Å². The maximum Gasteiger partial charge on any atom is 0.219 e. The van der Waals surface area contributed by atoms with Gasteiger partial charge in [-0.15, -0.1) is 0 Å². The van der Waals surface area contributed by atoms with E-state index in [1.807, 2.05) is 31.2 Å². The van der Waals surface area contributed by atoms with E-state index >= 15 is 0 Å². The number of hydrogen-bond acceptors (Lipinski definition) is 2. The highest BCUT2D eigenvalue weighted by Gasteiger charge is 1.95. The smallest absolute Gasteiger partial charge is 0.219 e. The van der Waals surface area contributed by atoms with Gasteiger partial charge in [-0.2, -0.15) is 0 Å². The molecule has 0 unspecified atom stereocenters. The van der Waals surface area contributed by atoms with Crippen molar-refractivity contribution in [3.05, 3.63) is 29.3 Å². The number of rotatable bonds is 7. The molecule has 4 heteroatoms. The summed E-state index contributed by atoms with van der Waals surface area (Å²) >= 11 is 5.79. The minimum absolute atomic E-state index is 0.121. The molecule has 0 aliphatic carbocycles. The molecule has 17 heavy (non-hydrogen) atoms. The first-order chi connectivity index (χ1) is 8.22. The van der Waals surface area contributed by atoms with E-state index in [1.165, 1.54) is 0 Å². The molecule has 1 aromatic rings. The van der Waals surface area contributed by atoms with Crippen LogP contribution in [0.2, 0.25) is 5.02 Å². The average Bonchev–Trinajstić information content (AvgIpc) is 2.35. The molecule has 94 valence electrons. The highest BCUT2D eigenvalue weighted by molar-refractivity contribution is 6.30. The number of nitrogens with one attached hydrogen (secondary N) is 2. The van der Waals surface area contributed by atoms with Crippen LogP contribution in [0.4, 0.5) is 5.69 Å². The summed E-state index contributed by atoms with van der Waals surface area (Å²) in [5.41, 5.74) is 1.08. The van der Waals surface area contributed by atoms with Crippen LogP contribution < -0.4 is 10.6 Å². The summed E-state index contributed by atoms with van der Waals surface area (Å²) in [6, 6.07) is 7.65. The second-order valence-corrected chi connectivity index (χ2v) is 4.28. The molecule has 0 bridgehead atoms. The molecule has 3 nitrogen and oxygen atoms in total. The summed E-state index contributed by atoms with van der Waals surface area (Å²) < 4.78 is 0. The van der Waals surface area contributed by atoms with Gasteiger partial charge in [-0.25, -0.2) is 0 Å². The molecule has 1 amide bonds. The molecule has 0 heterocycles. The Morgan fingerprint density at radius 3 is 2.47 bits per heavy atom. The van der Waals surface area contributed by atoms with Crippen LogP contribution in [0, 0.1) is 0 Å². The summed E-state index contributed by atoms with van der Waals surface area (Å²) in [7, 11) is 0. The predicted octanol–water partition coefficient (Wildman–Crippen LogP) is 3.06. The van der Waals surface area contributed by atoms with Crippen molar-refractivity contribution in [2.24, 2.45) is 0 Å². The Labute approximate surface area is 108 Å². The predicted molar refractivity (Wildman–Crippen MR) is 72.5 cm³/mol. The second-order valence-electron chi connectivity index (χ2n) is 3.84. The molecule has 0 saturated heterocycles. The van der Waals surface area contributed by atoms with Crippen LogP contribution in [0.5, 0.6) is 0 Å². The first-order valence-corrected chi connectivity index (χ1v) is 6.36.